The molecule has 3 N–H and O–H groups in total. The maximum atomic E-state index is 11.1. The molecule has 0 fully saturated rings. The second kappa shape index (κ2) is 6.70. The van der Waals surface area contributed by atoms with E-state index >= 15 is 0 Å². The zero-order valence-corrected chi connectivity index (χ0v) is 9.66. The Bertz CT molecular complexity index is 387. The summed E-state index contributed by atoms with van der Waals surface area (Å²) >= 11 is 0. The molecule has 0 radical (unpaired) electrons. The van der Waals surface area contributed by atoms with Crippen molar-refractivity contribution in [2.75, 3.05) is 13.1 Å². The summed E-state index contributed by atoms with van der Waals surface area (Å²) in [5.74, 6) is -1.17. The minimum Gasteiger partial charge on any atom is -0.475 e. The third kappa shape index (κ3) is 4.28. The van der Waals surface area contributed by atoms with E-state index in [1.807, 2.05) is 6.92 Å². The van der Waals surface area contributed by atoms with Crippen LogP contribution >= 0.6 is 0 Å². The van der Waals surface area contributed by atoms with Crippen LogP contribution in [-0.2, 0) is 11.3 Å². The second-order valence-electron chi connectivity index (χ2n) is 3.46. The van der Waals surface area contributed by atoms with Crippen molar-refractivity contribution in [3.63, 3.8) is 0 Å². The monoisotopic (exact) mass is 240 g/mol. The zero-order chi connectivity index (χ0) is 12.7. The number of furan rings is 1. The molecule has 0 saturated heterocycles. The van der Waals surface area contributed by atoms with E-state index in [4.69, 9.17) is 9.52 Å². The fourth-order valence-corrected chi connectivity index (χ4v) is 1.37. The van der Waals surface area contributed by atoms with Crippen molar-refractivity contribution in [3.05, 3.63) is 23.7 Å². The summed E-state index contributed by atoms with van der Waals surface area (Å²) in [5.41, 5.74) is 0.577. The summed E-state index contributed by atoms with van der Waals surface area (Å²) in [4.78, 5) is 21.8. The maximum absolute atomic E-state index is 11.1. The van der Waals surface area contributed by atoms with E-state index in [1.165, 1.54) is 6.26 Å². The van der Waals surface area contributed by atoms with Crippen LogP contribution in [-0.4, -0.2) is 30.1 Å². The largest absolute Gasteiger partial charge is 0.475 e. The van der Waals surface area contributed by atoms with Gasteiger partial charge in [0.05, 0.1) is 6.26 Å². The number of nitrogens with one attached hydrogen (secondary N) is 2. The lowest BCUT2D eigenvalue weighted by Gasteiger charge is -2.04. The van der Waals surface area contributed by atoms with Crippen molar-refractivity contribution in [1.82, 2.24) is 10.6 Å². The summed E-state index contributed by atoms with van der Waals surface area (Å²) in [7, 11) is 0. The van der Waals surface area contributed by atoms with Crippen LogP contribution in [0.5, 0.6) is 0 Å². The summed E-state index contributed by atoms with van der Waals surface area (Å²) in [6.45, 7) is 3.34. The number of carbonyl (C=O) groups is 2. The molecule has 0 saturated carbocycles. The molecule has 0 aliphatic rings. The lowest BCUT2D eigenvalue weighted by Crippen LogP contribution is -2.27. The quantitative estimate of drug-likeness (QED) is 0.607. The normalized spacial score (nSPS) is 10.2. The van der Waals surface area contributed by atoms with E-state index in [1.54, 1.807) is 6.07 Å². The van der Waals surface area contributed by atoms with Gasteiger partial charge in [0.15, 0.2) is 0 Å². The molecule has 1 aromatic rings. The molecule has 0 bridgehead atoms. The number of rotatable bonds is 7. The van der Waals surface area contributed by atoms with Gasteiger partial charge in [0.25, 0.3) is 0 Å². The Morgan fingerprint density at radius 1 is 1.47 bits per heavy atom. The highest BCUT2D eigenvalue weighted by Crippen LogP contribution is 2.09. The molecular weight excluding hydrogens is 224 g/mol. The first-order valence-corrected chi connectivity index (χ1v) is 5.42. The molecule has 1 aromatic heterocycles. The van der Waals surface area contributed by atoms with Crippen LogP contribution in [0.25, 0.3) is 0 Å². The Balaban J connectivity index is 2.29. The van der Waals surface area contributed by atoms with Gasteiger partial charge in [-0.15, -0.1) is 0 Å². The first-order chi connectivity index (χ1) is 8.15. The van der Waals surface area contributed by atoms with Crippen molar-refractivity contribution in [1.29, 1.82) is 0 Å². The number of carboxylic acids is 1. The molecule has 1 rings (SSSR count). The van der Waals surface area contributed by atoms with Gasteiger partial charge in [0, 0.05) is 31.6 Å². The highest BCUT2D eigenvalue weighted by molar-refractivity contribution is 5.86. The van der Waals surface area contributed by atoms with Crippen LogP contribution < -0.4 is 10.6 Å². The summed E-state index contributed by atoms with van der Waals surface area (Å²) < 4.78 is 4.82. The number of aromatic carboxylic acids is 1. The van der Waals surface area contributed by atoms with E-state index in [2.05, 4.69) is 10.6 Å². The molecule has 0 unspecified atom stereocenters. The van der Waals surface area contributed by atoms with E-state index in [9.17, 15) is 9.59 Å². The number of amides is 1. The van der Waals surface area contributed by atoms with Crippen LogP contribution in [0.3, 0.4) is 0 Å². The predicted octanol–water partition coefficient (Wildman–Crippen LogP) is 0.594. The van der Waals surface area contributed by atoms with Crippen LogP contribution in [0.1, 0.15) is 29.5 Å². The van der Waals surface area contributed by atoms with E-state index in [0.717, 1.165) is 0 Å². The van der Waals surface area contributed by atoms with Crippen molar-refractivity contribution in [2.45, 2.75) is 19.9 Å². The number of hydrogen-bond donors (Lipinski definition) is 3. The number of hydrogen-bond acceptors (Lipinski definition) is 4. The van der Waals surface area contributed by atoms with Gasteiger partial charge in [-0.3, -0.25) is 4.79 Å². The van der Waals surface area contributed by atoms with Gasteiger partial charge in [-0.1, -0.05) is 0 Å². The van der Waals surface area contributed by atoms with Crippen LogP contribution in [0.4, 0.5) is 0 Å². The molecule has 94 valence electrons. The third-order valence-electron chi connectivity index (χ3n) is 2.16. The van der Waals surface area contributed by atoms with Gasteiger partial charge >= 0.3 is 5.97 Å². The van der Waals surface area contributed by atoms with Gasteiger partial charge in [-0.25, -0.2) is 4.79 Å². The fourth-order valence-electron chi connectivity index (χ4n) is 1.37. The summed E-state index contributed by atoms with van der Waals surface area (Å²) in [5, 5.41) is 14.4. The molecule has 17 heavy (non-hydrogen) atoms. The van der Waals surface area contributed by atoms with Crippen LogP contribution in [0.2, 0.25) is 0 Å². The van der Waals surface area contributed by atoms with Gasteiger partial charge in [-0.2, -0.15) is 0 Å². The van der Waals surface area contributed by atoms with Crippen LogP contribution in [0.15, 0.2) is 16.7 Å². The summed E-state index contributed by atoms with van der Waals surface area (Å²) in [6, 6.07) is 1.60. The topological polar surface area (TPSA) is 91.6 Å². The molecule has 0 atom stereocenters. The number of carbonyl (C=O) groups excluding carboxylic acids is 1. The van der Waals surface area contributed by atoms with Crippen LogP contribution in [0, 0.1) is 0 Å². The SMILES string of the molecule is CCNC(=O)CCNCc1ccoc1C(=O)O. The molecule has 6 heteroatoms. The average molecular weight is 240 g/mol. The van der Waals surface area contributed by atoms with Crippen molar-refractivity contribution >= 4 is 11.9 Å². The fraction of sp³-hybridized carbons (Fsp3) is 0.455. The highest BCUT2D eigenvalue weighted by Gasteiger charge is 2.13. The standard InChI is InChI=1S/C11H16N2O4/c1-2-13-9(14)3-5-12-7-8-4-6-17-10(8)11(15)16/h4,6,12H,2-3,5,7H2,1H3,(H,13,14)(H,15,16). The molecule has 0 aliphatic carbocycles. The minimum atomic E-state index is -1.09. The van der Waals surface area contributed by atoms with Gasteiger partial charge < -0.3 is 20.2 Å². The van der Waals surface area contributed by atoms with Gasteiger partial charge in [0.2, 0.25) is 11.7 Å². The average Bonchev–Trinajstić information content (AvgIpc) is 2.73. The predicted molar refractivity (Wildman–Crippen MR) is 60.7 cm³/mol. The maximum Gasteiger partial charge on any atom is 0.372 e. The Hall–Kier alpha value is -1.82. The van der Waals surface area contributed by atoms with E-state index in [0.29, 0.717) is 31.6 Å². The lowest BCUT2D eigenvalue weighted by molar-refractivity contribution is -0.120. The zero-order valence-electron chi connectivity index (χ0n) is 9.66. The van der Waals surface area contributed by atoms with Gasteiger partial charge in [0.1, 0.15) is 0 Å². The van der Waals surface area contributed by atoms with E-state index in [-0.39, 0.29) is 11.7 Å². The molecular formula is C11H16N2O4. The number of carboxylic acid groups (broad SMARTS) is 1. The second-order valence-corrected chi connectivity index (χ2v) is 3.46. The smallest absolute Gasteiger partial charge is 0.372 e. The third-order valence-corrected chi connectivity index (χ3v) is 2.16. The highest BCUT2D eigenvalue weighted by atomic mass is 16.4. The first-order valence-electron chi connectivity index (χ1n) is 5.42. The van der Waals surface area contributed by atoms with E-state index < -0.39 is 5.97 Å². The summed E-state index contributed by atoms with van der Waals surface area (Å²) in [6.07, 6.45) is 1.71. The molecule has 0 aliphatic heterocycles. The molecule has 1 amide bonds. The van der Waals surface area contributed by atoms with Gasteiger partial charge in [-0.05, 0) is 13.0 Å². The molecule has 0 spiro atoms. The van der Waals surface area contributed by atoms with Crippen molar-refractivity contribution < 1.29 is 19.1 Å². The molecule has 1 heterocycles. The minimum absolute atomic E-state index is 0.0225. The first kappa shape index (κ1) is 13.2. The Morgan fingerprint density at radius 2 is 2.24 bits per heavy atom. The molecule has 6 nitrogen and oxygen atoms in total. The Kier molecular flexibility index (Phi) is 5.22. The molecule has 0 aromatic carbocycles. The Labute approximate surface area is 99.0 Å². The Morgan fingerprint density at radius 3 is 2.88 bits per heavy atom. The lowest BCUT2D eigenvalue weighted by atomic mass is 10.2. The van der Waals surface area contributed by atoms with Crippen molar-refractivity contribution in [3.8, 4) is 0 Å². The van der Waals surface area contributed by atoms with Crippen molar-refractivity contribution in [2.24, 2.45) is 0 Å².